The zero-order valence-electron chi connectivity index (χ0n) is 17.2. The number of nitrogens with zero attached hydrogens (tertiary/aromatic N) is 1. The minimum absolute atomic E-state index is 0.113. The van der Waals surface area contributed by atoms with Gasteiger partial charge in [-0.2, -0.15) is 0 Å². The van der Waals surface area contributed by atoms with Crippen LogP contribution < -0.4 is 10.1 Å². The largest absolute Gasteiger partial charge is 0.457 e. The van der Waals surface area contributed by atoms with Crippen molar-refractivity contribution in [1.82, 2.24) is 4.90 Å². The predicted molar refractivity (Wildman–Crippen MR) is 121 cm³/mol. The quantitative estimate of drug-likeness (QED) is 0.653. The summed E-state index contributed by atoms with van der Waals surface area (Å²) in [6.07, 6.45) is 2.88. The van der Waals surface area contributed by atoms with Gasteiger partial charge in [-0.3, -0.25) is 0 Å². The first-order chi connectivity index (χ1) is 14.9. The number of ether oxygens (including phenoxy) is 1. The van der Waals surface area contributed by atoms with E-state index in [1.165, 1.54) is 29.5 Å². The van der Waals surface area contributed by atoms with E-state index in [4.69, 9.17) is 4.74 Å². The van der Waals surface area contributed by atoms with Crippen LogP contribution in [0, 0.1) is 0 Å². The lowest BCUT2D eigenvalue weighted by atomic mass is 10.0. The lowest BCUT2D eigenvalue weighted by Gasteiger charge is -2.21. The van der Waals surface area contributed by atoms with E-state index in [0.29, 0.717) is 30.3 Å². The van der Waals surface area contributed by atoms with Crippen molar-refractivity contribution < 1.29 is 17.9 Å². The number of benzene rings is 3. The fourth-order valence-electron chi connectivity index (χ4n) is 3.57. The highest BCUT2D eigenvalue weighted by Crippen LogP contribution is 2.25. The molecule has 0 spiro atoms. The van der Waals surface area contributed by atoms with E-state index in [1.54, 1.807) is 36.4 Å². The van der Waals surface area contributed by atoms with Gasteiger partial charge in [-0.15, -0.1) is 0 Å². The van der Waals surface area contributed by atoms with Gasteiger partial charge in [-0.05, 0) is 72.5 Å². The lowest BCUT2D eigenvalue weighted by molar-refractivity contribution is 0.214. The summed E-state index contributed by atoms with van der Waals surface area (Å²) in [6.45, 7) is 1.38. The number of urea groups is 1. The molecule has 7 heteroatoms. The van der Waals surface area contributed by atoms with E-state index in [2.05, 4.69) is 17.4 Å². The molecule has 31 heavy (non-hydrogen) atoms. The van der Waals surface area contributed by atoms with Crippen LogP contribution in [0.3, 0.4) is 0 Å². The Kier molecular flexibility index (Phi) is 5.95. The standard InChI is InChI=1S/C24H24N2O4S/c1-31(28,29)23-12-10-22(11-13-23)30-21-8-6-20(7-9-21)25-24(27)26-16-14-18-4-2-3-5-19(18)15-17-26/h2-13H,14-17H2,1H3,(H,25,27). The van der Waals surface area contributed by atoms with Gasteiger partial charge in [0.2, 0.25) is 0 Å². The number of carbonyl (C=O) groups excluding carboxylic acids is 1. The minimum atomic E-state index is -3.24. The van der Waals surface area contributed by atoms with Crippen LogP contribution in [0.25, 0.3) is 0 Å². The van der Waals surface area contributed by atoms with Crippen LogP contribution in [0.4, 0.5) is 10.5 Å². The number of hydrogen-bond donors (Lipinski definition) is 1. The summed E-state index contributed by atoms with van der Waals surface area (Å²) in [6, 6.07) is 21.6. The van der Waals surface area contributed by atoms with Gasteiger partial charge in [-0.1, -0.05) is 24.3 Å². The van der Waals surface area contributed by atoms with Gasteiger partial charge in [0.15, 0.2) is 9.84 Å². The van der Waals surface area contributed by atoms with Crippen molar-refractivity contribution in [3.63, 3.8) is 0 Å². The second-order valence-corrected chi connectivity index (χ2v) is 9.57. The topological polar surface area (TPSA) is 75.7 Å². The van der Waals surface area contributed by atoms with E-state index >= 15 is 0 Å². The molecule has 0 saturated heterocycles. The molecule has 3 aromatic rings. The molecule has 160 valence electrons. The summed E-state index contributed by atoms with van der Waals surface area (Å²) in [5.41, 5.74) is 3.30. The minimum Gasteiger partial charge on any atom is -0.457 e. The van der Waals surface area contributed by atoms with Crippen LogP contribution in [0.5, 0.6) is 11.5 Å². The molecular formula is C24H24N2O4S. The Morgan fingerprint density at radius 1 is 0.839 bits per heavy atom. The van der Waals surface area contributed by atoms with Crippen molar-refractivity contribution in [2.24, 2.45) is 0 Å². The van der Waals surface area contributed by atoms with Crippen molar-refractivity contribution >= 4 is 21.6 Å². The average molecular weight is 437 g/mol. The van der Waals surface area contributed by atoms with Crippen molar-refractivity contribution in [3.05, 3.63) is 83.9 Å². The van der Waals surface area contributed by atoms with Crippen molar-refractivity contribution in [2.75, 3.05) is 24.7 Å². The third-order valence-electron chi connectivity index (χ3n) is 5.30. The third kappa shape index (κ3) is 5.24. The molecule has 4 rings (SSSR count). The van der Waals surface area contributed by atoms with Crippen LogP contribution in [-0.2, 0) is 22.7 Å². The van der Waals surface area contributed by atoms with E-state index in [1.807, 2.05) is 17.0 Å². The number of anilines is 1. The Hall–Kier alpha value is -3.32. The second kappa shape index (κ2) is 8.81. The van der Waals surface area contributed by atoms with Gasteiger partial charge in [0.1, 0.15) is 11.5 Å². The number of hydrogen-bond acceptors (Lipinski definition) is 4. The van der Waals surface area contributed by atoms with E-state index in [9.17, 15) is 13.2 Å². The summed E-state index contributed by atoms with van der Waals surface area (Å²) >= 11 is 0. The molecule has 0 radical (unpaired) electrons. The summed E-state index contributed by atoms with van der Waals surface area (Å²) in [7, 11) is -3.24. The Labute approximate surface area is 182 Å². The average Bonchev–Trinajstić information content (AvgIpc) is 2.98. The Balaban J connectivity index is 1.35. The first-order valence-corrected chi connectivity index (χ1v) is 12.0. The first-order valence-electron chi connectivity index (χ1n) is 10.1. The van der Waals surface area contributed by atoms with Crippen molar-refractivity contribution in [3.8, 4) is 11.5 Å². The van der Waals surface area contributed by atoms with E-state index < -0.39 is 9.84 Å². The van der Waals surface area contributed by atoms with Gasteiger partial charge in [0.05, 0.1) is 4.90 Å². The van der Waals surface area contributed by atoms with Crippen LogP contribution in [0.2, 0.25) is 0 Å². The Bertz CT molecular complexity index is 1150. The number of rotatable bonds is 4. The fraction of sp³-hybridized carbons (Fsp3) is 0.208. The van der Waals surface area contributed by atoms with Gasteiger partial charge in [0.25, 0.3) is 0 Å². The molecule has 1 aliphatic heterocycles. The smallest absolute Gasteiger partial charge is 0.321 e. The van der Waals surface area contributed by atoms with Gasteiger partial charge >= 0.3 is 6.03 Å². The molecule has 0 atom stereocenters. The molecule has 0 bridgehead atoms. The molecule has 3 aromatic carbocycles. The maximum Gasteiger partial charge on any atom is 0.321 e. The Morgan fingerprint density at radius 2 is 1.35 bits per heavy atom. The lowest BCUT2D eigenvalue weighted by Crippen LogP contribution is -2.36. The summed E-state index contributed by atoms with van der Waals surface area (Å²) < 4.78 is 28.8. The Morgan fingerprint density at radius 3 is 1.87 bits per heavy atom. The molecule has 0 saturated carbocycles. The fourth-order valence-corrected chi connectivity index (χ4v) is 4.20. The number of nitrogens with one attached hydrogen (secondary N) is 1. The normalized spacial score (nSPS) is 13.8. The van der Waals surface area contributed by atoms with E-state index in [0.717, 1.165) is 12.8 Å². The number of amides is 2. The molecular weight excluding hydrogens is 412 g/mol. The molecule has 1 aliphatic rings. The van der Waals surface area contributed by atoms with Gasteiger partial charge < -0.3 is 15.0 Å². The van der Waals surface area contributed by atoms with E-state index in [-0.39, 0.29) is 10.9 Å². The SMILES string of the molecule is CS(=O)(=O)c1ccc(Oc2ccc(NC(=O)N3CCc4ccccc4CC3)cc2)cc1. The van der Waals surface area contributed by atoms with Crippen molar-refractivity contribution in [2.45, 2.75) is 17.7 Å². The molecule has 0 fully saturated rings. The molecule has 2 amide bonds. The maximum atomic E-state index is 12.7. The highest BCUT2D eigenvalue weighted by Gasteiger charge is 2.18. The van der Waals surface area contributed by atoms with Crippen molar-refractivity contribution in [1.29, 1.82) is 0 Å². The maximum absolute atomic E-state index is 12.7. The zero-order chi connectivity index (χ0) is 21.8. The molecule has 0 aromatic heterocycles. The molecule has 1 heterocycles. The summed E-state index contributed by atoms with van der Waals surface area (Å²) in [4.78, 5) is 14.8. The molecule has 1 N–H and O–H groups in total. The summed E-state index contributed by atoms with van der Waals surface area (Å²) in [5, 5.41) is 2.95. The molecule has 0 aliphatic carbocycles. The second-order valence-electron chi connectivity index (χ2n) is 7.56. The third-order valence-corrected chi connectivity index (χ3v) is 6.43. The van der Waals surface area contributed by atoms with Gasteiger partial charge in [-0.25, -0.2) is 13.2 Å². The summed E-state index contributed by atoms with van der Waals surface area (Å²) in [5.74, 6) is 1.13. The van der Waals surface area contributed by atoms with Crippen LogP contribution in [0.15, 0.2) is 77.7 Å². The number of fused-ring (bicyclic) bond motifs is 1. The highest BCUT2D eigenvalue weighted by molar-refractivity contribution is 7.90. The molecule has 0 unspecified atom stereocenters. The highest BCUT2D eigenvalue weighted by atomic mass is 32.2. The monoisotopic (exact) mass is 436 g/mol. The molecule has 6 nitrogen and oxygen atoms in total. The number of carbonyl (C=O) groups is 1. The first kappa shape index (κ1) is 20.9. The number of sulfone groups is 1. The predicted octanol–water partition coefficient (Wildman–Crippen LogP) is 4.52. The van der Waals surface area contributed by atoms with Gasteiger partial charge in [0, 0.05) is 25.0 Å². The van der Waals surface area contributed by atoms with Crippen LogP contribution in [-0.4, -0.2) is 38.7 Å². The zero-order valence-corrected chi connectivity index (χ0v) is 18.1. The van der Waals surface area contributed by atoms with Crippen LogP contribution in [0.1, 0.15) is 11.1 Å². The van der Waals surface area contributed by atoms with Crippen LogP contribution >= 0.6 is 0 Å².